The number of hydrogen-bond acceptors (Lipinski definition) is 9. The smallest absolute Gasteiger partial charge is 0.242 e. The van der Waals surface area contributed by atoms with E-state index in [4.69, 9.17) is 0 Å². The zero-order chi connectivity index (χ0) is 33.9. The first kappa shape index (κ1) is 35.6. The second-order valence-corrected chi connectivity index (χ2v) is 12.7. The van der Waals surface area contributed by atoms with E-state index < -0.39 is 17.8 Å². The van der Waals surface area contributed by atoms with E-state index in [1.54, 1.807) is 30.1 Å². The van der Waals surface area contributed by atoms with E-state index >= 15 is 0 Å². The number of amides is 4. The standard InChI is InChI=1S/C33H41FN6O6S/c1-22-5-3-6-28(26(22)19-39(21-42)30(7-4-14-41)33(46)35-2)36-16-31(44)38-17-24(18-38)32(45)37-29-15-23(8-9-27(29)34)20-47-40-12-10-25(43)11-13-40/h3,5-6,8-9,14-15,21,24,30,36H,4,7,10-13,16-20H2,1-2H3,(H,35,46)(H,37,45). The van der Waals surface area contributed by atoms with Gasteiger partial charge in [-0.05, 0) is 48.2 Å². The molecule has 1 unspecified atom stereocenters. The van der Waals surface area contributed by atoms with Crippen LogP contribution in [-0.4, -0.2) is 96.1 Å². The number of piperidine rings is 1. The lowest BCUT2D eigenvalue weighted by Crippen LogP contribution is -2.55. The highest BCUT2D eigenvalue weighted by atomic mass is 32.2. The van der Waals surface area contributed by atoms with E-state index in [9.17, 15) is 33.2 Å². The van der Waals surface area contributed by atoms with Gasteiger partial charge in [0.25, 0.3) is 0 Å². The highest BCUT2D eigenvalue weighted by Crippen LogP contribution is 2.26. The Morgan fingerprint density at radius 1 is 1.11 bits per heavy atom. The molecule has 47 heavy (non-hydrogen) atoms. The van der Waals surface area contributed by atoms with E-state index in [1.807, 2.05) is 19.1 Å². The Hall–Kier alpha value is -4.30. The van der Waals surface area contributed by atoms with Crippen molar-refractivity contribution in [2.75, 3.05) is 50.4 Å². The van der Waals surface area contributed by atoms with E-state index in [0.717, 1.165) is 16.7 Å². The lowest BCUT2D eigenvalue weighted by atomic mass is 9.98. The summed E-state index contributed by atoms with van der Waals surface area (Å²) in [5.41, 5.74) is 3.13. The number of likely N-dealkylation sites (tertiary alicyclic amines) is 1. The second kappa shape index (κ2) is 17.0. The van der Waals surface area contributed by atoms with Crippen LogP contribution in [0, 0.1) is 18.7 Å². The third kappa shape index (κ3) is 9.61. The Morgan fingerprint density at radius 3 is 2.53 bits per heavy atom. The van der Waals surface area contributed by atoms with Gasteiger partial charge >= 0.3 is 0 Å². The zero-order valence-corrected chi connectivity index (χ0v) is 27.4. The van der Waals surface area contributed by atoms with Crippen LogP contribution in [-0.2, 0) is 41.1 Å². The Bertz CT molecular complexity index is 1480. The number of Topliss-reactive ketones (excluding diaryl/α,β-unsaturated/α-hetero) is 1. The molecule has 0 bridgehead atoms. The van der Waals surface area contributed by atoms with Gasteiger partial charge in [0.05, 0.1) is 18.2 Å². The number of nitrogens with one attached hydrogen (secondary N) is 3. The second-order valence-electron chi connectivity index (χ2n) is 11.6. The molecule has 12 nitrogen and oxygen atoms in total. The zero-order valence-electron chi connectivity index (χ0n) is 26.6. The number of carbonyl (C=O) groups excluding carboxylic acids is 6. The minimum Gasteiger partial charge on any atom is -0.376 e. The average Bonchev–Trinajstić information content (AvgIpc) is 3.04. The first-order chi connectivity index (χ1) is 22.6. The third-order valence-corrected chi connectivity index (χ3v) is 9.60. The summed E-state index contributed by atoms with van der Waals surface area (Å²) in [7, 11) is 1.47. The average molecular weight is 669 g/mol. The van der Waals surface area contributed by atoms with Crippen LogP contribution in [0.4, 0.5) is 15.8 Å². The SMILES string of the molecule is CNC(=O)C(CCC=O)N(C=O)Cc1c(C)cccc1NCC(=O)N1CC(C(=O)Nc2cc(CSN3CCC(=O)CC3)ccc2F)C1. The summed E-state index contributed by atoms with van der Waals surface area (Å²) in [6, 6.07) is 9.24. The number of hydrogen-bond donors (Lipinski definition) is 3. The lowest BCUT2D eigenvalue weighted by molar-refractivity contribution is -0.139. The van der Waals surface area contributed by atoms with Gasteiger partial charge in [-0.15, -0.1) is 0 Å². The predicted octanol–water partition coefficient (Wildman–Crippen LogP) is 2.51. The number of aryl methyl sites for hydroxylation is 1. The largest absolute Gasteiger partial charge is 0.376 e. The van der Waals surface area contributed by atoms with Gasteiger partial charge < -0.3 is 30.5 Å². The number of carbonyl (C=O) groups is 6. The normalized spacial score (nSPS) is 15.7. The fourth-order valence-electron chi connectivity index (χ4n) is 5.48. The van der Waals surface area contributed by atoms with Gasteiger partial charge in [0.15, 0.2) is 0 Å². The summed E-state index contributed by atoms with van der Waals surface area (Å²) in [5.74, 6) is -1.15. The fraction of sp³-hybridized carbons (Fsp3) is 0.455. The quantitative estimate of drug-likeness (QED) is 0.181. The van der Waals surface area contributed by atoms with Gasteiger partial charge in [-0.1, -0.05) is 30.1 Å². The number of ketones is 1. The molecule has 2 saturated heterocycles. The third-order valence-electron chi connectivity index (χ3n) is 8.41. The monoisotopic (exact) mass is 668 g/mol. The van der Waals surface area contributed by atoms with Gasteiger partial charge in [0.2, 0.25) is 24.1 Å². The Morgan fingerprint density at radius 2 is 1.85 bits per heavy atom. The van der Waals surface area contributed by atoms with Gasteiger partial charge in [-0.3, -0.25) is 24.0 Å². The fourth-order valence-corrected chi connectivity index (χ4v) is 6.43. The minimum atomic E-state index is -0.830. The first-order valence-corrected chi connectivity index (χ1v) is 16.5. The number of likely N-dealkylation sites (N-methyl/N-ethyl adjacent to an activating group) is 1. The van der Waals surface area contributed by atoms with Crippen molar-refractivity contribution in [3.05, 3.63) is 58.9 Å². The maximum Gasteiger partial charge on any atom is 0.242 e. The van der Waals surface area contributed by atoms with Crippen LogP contribution >= 0.6 is 11.9 Å². The number of benzene rings is 2. The molecule has 14 heteroatoms. The number of halogens is 1. The van der Waals surface area contributed by atoms with Crippen molar-refractivity contribution in [3.63, 3.8) is 0 Å². The molecule has 2 heterocycles. The summed E-state index contributed by atoms with van der Waals surface area (Å²) in [4.78, 5) is 75.6. The highest BCUT2D eigenvalue weighted by Gasteiger charge is 2.36. The first-order valence-electron chi connectivity index (χ1n) is 15.6. The van der Waals surface area contributed by atoms with E-state index in [0.29, 0.717) is 50.1 Å². The van der Waals surface area contributed by atoms with Crippen LogP contribution in [0.15, 0.2) is 36.4 Å². The van der Waals surface area contributed by atoms with E-state index in [1.165, 1.54) is 22.9 Å². The molecule has 2 aliphatic heterocycles. The lowest BCUT2D eigenvalue weighted by Gasteiger charge is -2.38. The Balaban J connectivity index is 1.28. The number of nitrogens with zero attached hydrogens (tertiary/aromatic N) is 3. The number of aldehydes is 1. The summed E-state index contributed by atoms with van der Waals surface area (Å²) < 4.78 is 16.7. The van der Waals surface area contributed by atoms with Crippen LogP contribution in [0.1, 0.15) is 42.4 Å². The van der Waals surface area contributed by atoms with Crippen LogP contribution in [0.3, 0.4) is 0 Å². The van der Waals surface area contributed by atoms with Crippen molar-refractivity contribution in [1.82, 2.24) is 19.4 Å². The maximum absolute atomic E-state index is 14.5. The molecule has 0 spiro atoms. The molecule has 0 radical (unpaired) electrons. The van der Waals surface area contributed by atoms with Crippen molar-refractivity contribution < 1.29 is 33.2 Å². The summed E-state index contributed by atoms with van der Waals surface area (Å²) in [6.07, 6.45) is 2.65. The van der Waals surface area contributed by atoms with Crippen molar-refractivity contribution >= 4 is 59.5 Å². The molecule has 0 saturated carbocycles. The Labute approximate surface area is 277 Å². The molecule has 4 rings (SSSR count). The highest BCUT2D eigenvalue weighted by molar-refractivity contribution is 7.96. The molecule has 3 N–H and O–H groups in total. The van der Waals surface area contributed by atoms with Gasteiger partial charge in [-0.25, -0.2) is 8.70 Å². The summed E-state index contributed by atoms with van der Waals surface area (Å²) in [6.45, 7) is 3.66. The summed E-state index contributed by atoms with van der Waals surface area (Å²) in [5, 5.41) is 8.34. The molecule has 2 aliphatic rings. The van der Waals surface area contributed by atoms with Gasteiger partial charge in [0.1, 0.15) is 23.9 Å². The van der Waals surface area contributed by atoms with Crippen LogP contribution < -0.4 is 16.0 Å². The van der Waals surface area contributed by atoms with Gasteiger partial charge in [-0.2, -0.15) is 0 Å². The molecular weight excluding hydrogens is 627 g/mol. The van der Waals surface area contributed by atoms with Crippen LogP contribution in [0.25, 0.3) is 0 Å². The van der Waals surface area contributed by atoms with Crippen LogP contribution in [0.2, 0.25) is 0 Å². The minimum absolute atomic E-state index is 0.0601. The molecule has 0 aromatic heterocycles. The van der Waals surface area contributed by atoms with Crippen molar-refractivity contribution in [2.45, 2.75) is 50.9 Å². The molecule has 2 aromatic rings. The predicted molar refractivity (Wildman–Crippen MR) is 177 cm³/mol. The van der Waals surface area contributed by atoms with Crippen molar-refractivity contribution in [3.8, 4) is 0 Å². The van der Waals surface area contributed by atoms with E-state index in [-0.39, 0.29) is 68.2 Å². The Kier molecular flexibility index (Phi) is 12.9. The molecule has 0 aliphatic carbocycles. The number of anilines is 2. The molecule has 2 aromatic carbocycles. The maximum atomic E-state index is 14.5. The topological polar surface area (TPSA) is 148 Å². The molecule has 4 amide bonds. The molecule has 252 valence electrons. The number of rotatable bonds is 16. The molecular formula is C33H41FN6O6S. The summed E-state index contributed by atoms with van der Waals surface area (Å²) >= 11 is 1.58. The van der Waals surface area contributed by atoms with Gasteiger partial charge in [0, 0.05) is 70.5 Å². The van der Waals surface area contributed by atoms with Crippen LogP contribution in [0.5, 0.6) is 0 Å². The van der Waals surface area contributed by atoms with E-state index in [2.05, 4.69) is 20.3 Å². The van der Waals surface area contributed by atoms with Crippen molar-refractivity contribution in [1.29, 1.82) is 0 Å². The molecule has 2 fully saturated rings. The molecule has 1 atom stereocenters. The van der Waals surface area contributed by atoms with Crippen molar-refractivity contribution in [2.24, 2.45) is 5.92 Å².